The monoisotopic (exact) mass is 469 g/mol. The average Bonchev–Trinajstić information content (AvgIpc) is 2.83. The minimum atomic E-state index is 0.105. The van der Waals surface area contributed by atoms with Crippen molar-refractivity contribution in [2.45, 2.75) is 19.6 Å². The Kier molecular flexibility index (Phi) is 7.58. The van der Waals surface area contributed by atoms with Gasteiger partial charge in [-0.25, -0.2) is 0 Å². The lowest BCUT2D eigenvalue weighted by atomic mass is 9.93. The van der Waals surface area contributed by atoms with Gasteiger partial charge >= 0.3 is 0 Å². The van der Waals surface area contributed by atoms with E-state index in [1.165, 1.54) is 5.56 Å². The van der Waals surface area contributed by atoms with Crippen molar-refractivity contribution < 1.29 is 4.79 Å². The number of thioether (sulfide) groups is 1. The lowest BCUT2D eigenvalue weighted by Crippen LogP contribution is -2.39. The highest BCUT2D eigenvalue weighted by Gasteiger charge is 2.28. The van der Waals surface area contributed by atoms with E-state index < -0.39 is 0 Å². The molecule has 3 aromatic carbocycles. The van der Waals surface area contributed by atoms with E-state index >= 15 is 0 Å². The van der Waals surface area contributed by atoms with Crippen LogP contribution in [0.5, 0.6) is 0 Å². The SMILES string of the molecule is Cc1ccccc1/C=C1\CN(C(=S)SCc2ccccc2)C/C(=C\c2ccccc2C)C1=O. The minimum Gasteiger partial charge on any atom is -0.349 e. The molecule has 0 radical (unpaired) electrons. The number of piperidine rings is 1. The van der Waals surface area contributed by atoms with Crippen LogP contribution in [0.2, 0.25) is 0 Å². The van der Waals surface area contributed by atoms with Crippen LogP contribution in [0.4, 0.5) is 0 Å². The third kappa shape index (κ3) is 5.89. The third-order valence-corrected chi connectivity index (χ3v) is 7.40. The summed E-state index contributed by atoms with van der Waals surface area (Å²) < 4.78 is 0.817. The zero-order chi connectivity index (χ0) is 23.2. The van der Waals surface area contributed by atoms with Crippen molar-refractivity contribution in [1.29, 1.82) is 0 Å². The van der Waals surface area contributed by atoms with E-state index in [0.29, 0.717) is 13.1 Å². The number of hydrogen-bond donors (Lipinski definition) is 0. The van der Waals surface area contributed by atoms with Gasteiger partial charge in [-0.15, -0.1) is 0 Å². The highest BCUT2D eigenvalue weighted by atomic mass is 32.2. The second-order valence-electron chi connectivity index (χ2n) is 8.28. The second kappa shape index (κ2) is 10.8. The molecule has 4 heteroatoms. The Morgan fingerprint density at radius 3 is 1.82 bits per heavy atom. The molecule has 33 heavy (non-hydrogen) atoms. The van der Waals surface area contributed by atoms with Gasteiger partial charge in [0.25, 0.3) is 0 Å². The van der Waals surface area contributed by atoms with Gasteiger partial charge in [0.15, 0.2) is 5.78 Å². The first kappa shape index (κ1) is 23.2. The van der Waals surface area contributed by atoms with Crippen LogP contribution in [0.25, 0.3) is 12.2 Å². The number of hydrogen-bond acceptors (Lipinski definition) is 3. The first-order valence-corrected chi connectivity index (χ1v) is 12.4. The van der Waals surface area contributed by atoms with Crippen molar-refractivity contribution >= 4 is 46.2 Å². The Bertz CT molecular complexity index is 1160. The Morgan fingerprint density at radius 1 is 0.818 bits per heavy atom. The quantitative estimate of drug-likeness (QED) is 0.307. The number of rotatable bonds is 4. The van der Waals surface area contributed by atoms with E-state index in [1.807, 2.05) is 54.6 Å². The van der Waals surface area contributed by atoms with Crippen LogP contribution in [-0.2, 0) is 10.5 Å². The van der Waals surface area contributed by atoms with E-state index in [9.17, 15) is 4.79 Å². The van der Waals surface area contributed by atoms with E-state index in [2.05, 4.69) is 55.1 Å². The van der Waals surface area contributed by atoms with Crippen molar-refractivity contribution in [2.24, 2.45) is 0 Å². The molecule has 0 N–H and O–H groups in total. The highest BCUT2D eigenvalue weighted by Crippen LogP contribution is 2.27. The van der Waals surface area contributed by atoms with Gasteiger partial charge in [0.1, 0.15) is 4.32 Å². The van der Waals surface area contributed by atoms with Gasteiger partial charge in [-0.1, -0.05) is 103 Å². The zero-order valence-corrected chi connectivity index (χ0v) is 20.6. The van der Waals surface area contributed by atoms with Crippen LogP contribution in [0, 0.1) is 13.8 Å². The molecule has 3 aromatic rings. The number of ketones is 1. The molecule has 0 bridgehead atoms. The average molecular weight is 470 g/mol. The van der Waals surface area contributed by atoms with E-state index in [1.54, 1.807) is 11.8 Å². The predicted molar refractivity (Wildman–Crippen MR) is 145 cm³/mol. The van der Waals surface area contributed by atoms with Gasteiger partial charge in [0.05, 0.1) is 0 Å². The maximum Gasteiger partial charge on any atom is 0.188 e. The number of nitrogens with zero attached hydrogens (tertiary/aromatic N) is 1. The van der Waals surface area contributed by atoms with Crippen molar-refractivity contribution in [3.05, 3.63) is 118 Å². The Balaban J connectivity index is 1.64. The van der Waals surface area contributed by atoms with Crippen LogP contribution >= 0.6 is 24.0 Å². The summed E-state index contributed by atoms with van der Waals surface area (Å²) in [5, 5.41) is 0. The summed E-state index contributed by atoms with van der Waals surface area (Å²) in [4.78, 5) is 15.6. The Hall–Kier alpha value is -2.95. The number of aryl methyl sites for hydroxylation is 2. The molecule has 0 saturated carbocycles. The Morgan fingerprint density at radius 2 is 1.30 bits per heavy atom. The lowest BCUT2D eigenvalue weighted by Gasteiger charge is -2.31. The van der Waals surface area contributed by atoms with Gasteiger partial charge in [-0.2, -0.15) is 0 Å². The summed E-state index contributed by atoms with van der Waals surface area (Å²) in [5.41, 5.74) is 7.24. The fourth-order valence-corrected chi connectivity index (χ4v) is 4.95. The van der Waals surface area contributed by atoms with E-state index in [-0.39, 0.29) is 5.78 Å². The number of Topliss-reactive ketones (excluding diaryl/α,β-unsaturated/α-hetero) is 1. The van der Waals surface area contributed by atoms with Crippen LogP contribution in [0.1, 0.15) is 27.8 Å². The van der Waals surface area contributed by atoms with Crippen molar-refractivity contribution in [2.75, 3.05) is 13.1 Å². The topological polar surface area (TPSA) is 20.3 Å². The van der Waals surface area contributed by atoms with Crippen molar-refractivity contribution in [3.8, 4) is 0 Å². The molecular weight excluding hydrogens is 442 g/mol. The molecule has 1 fully saturated rings. The smallest absolute Gasteiger partial charge is 0.188 e. The number of benzene rings is 3. The molecule has 4 rings (SSSR count). The maximum atomic E-state index is 13.5. The third-order valence-electron chi connectivity index (χ3n) is 5.81. The molecule has 0 unspecified atom stereocenters. The van der Waals surface area contributed by atoms with E-state index in [4.69, 9.17) is 12.2 Å². The summed E-state index contributed by atoms with van der Waals surface area (Å²) in [6, 6.07) is 26.7. The van der Waals surface area contributed by atoms with Gasteiger partial charge in [0.2, 0.25) is 0 Å². The number of thiocarbonyl (C=S) groups is 1. The van der Waals surface area contributed by atoms with Crippen LogP contribution < -0.4 is 0 Å². The molecule has 0 amide bonds. The molecule has 1 heterocycles. The van der Waals surface area contributed by atoms with Crippen LogP contribution in [0.15, 0.2) is 90.0 Å². The molecule has 0 spiro atoms. The number of likely N-dealkylation sites (tertiary alicyclic amines) is 1. The normalized spacial score (nSPS) is 16.4. The zero-order valence-electron chi connectivity index (χ0n) is 19.0. The molecule has 166 valence electrons. The Labute approximate surface area is 206 Å². The summed E-state index contributed by atoms with van der Waals surface area (Å²) in [5.74, 6) is 0.922. The molecule has 1 aliphatic heterocycles. The molecule has 2 nitrogen and oxygen atoms in total. The van der Waals surface area contributed by atoms with Crippen molar-refractivity contribution in [3.63, 3.8) is 0 Å². The molecule has 0 aliphatic carbocycles. The molecule has 1 aliphatic rings. The largest absolute Gasteiger partial charge is 0.349 e. The lowest BCUT2D eigenvalue weighted by molar-refractivity contribution is -0.113. The fourth-order valence-electron chi connectivity index (χ4n) is 3.85. The van der Waals surface area contributed by atoms with Crippen LogP contribution in [-0.4, -0.2) is 28.1 Å². The van der Waals surface area contributed by atoms with Crippen molar-refractivity contribution in [1.82, 2.24) is 4.90 Å². The standard InChI is InChI=1S/C29H27NOS2/c1-21-10-6-8-14-24(21)16-26-18-30(29(32)33-20-23-12-4-3-5-13-23)19-27(28(26)31)17-25-15-9-7-11-22(25)2/h3-17H,18-20H2,1-2H3/b26-16+,27-17+. The first-order valence-electron chi connectivity index (χ1n) is 11.0. The highest BCUT2D eigenvalue weighted by molar-refractivity contribution is 8.22. The summed E-state index contributed by atoms with van der Waals surface area (Å²) in [6.07, 6.45) is 4.06. The van der Waals surface area contributed by atoms with E-state index in [0.717, 1.165) is 43.5 Å². The molecule has 1 saturated heterocycles. The van der Waals surface area contributed by atoms with Gasteiger partial charge in [-0.05, 0) is 53.8 Å². The van der Waals surface area contributed by atoms with Gasteiger partial charge < -0.3 is 4.90 Å². The predicted octanol–water partition coefficient (Wildman–Crippen LogP) is 6.87. The number of carbonyl (C=O) groups is 1. The van der Waals surface area contributed by atoms with Gasteiger partial charge in [-0.3, -0.25) is 4.79 Å². The van der Waals surface area contributed by atoms with Crippen LogP contribution in [0.3, 0.4) is 0 Å². The van der Waals surface area contributed by atoms with Gasteiger partial charge in [0, 0.05) is 30.0 Å². The molecular formula is C29H27NOS2. The molecule has 0 atom stereocenters. The first-order chi connectivity index (χ1) is 16.0. The summed E-state index contributed by atoms with van der Waals surface area (Å²) >= 11 is 7.47. The summed E-state index contributed by atoms with van der Waals surface area (Å²) in [6.45, 7) is 5.20. The summed E-state index contributed by atoms with van der Waals surface area (Å²) in [7, 11) is 0. The maximum absolute atomic E-state index is 13.5. The fraction of sp³-hybridized carbons (Fsp3) is 0.172. The minimum absolute atomic E-state index is 0.105. The number of carbonyl (C=O) groups excluding carboxylic acids is 1. The molecule has 0 aromatic heterocycles. The second-order valence-corrected chi connectivity index (χ2v) is 9.89.